The van der Waals surface area contributed by atoms with Gasteiger partial charge in [-0.25, -0.2) is 0 Å². The maximum atomic E-state index is 12.1. The summed E-state index contributed by atoms with van der Waals surface area (Å²) in [5.74, 6) is 1.82. The van der Waals surface area contributed by atoms with Crippen molar-refractivity contribution in [2.24, 2.45) is 28.6 Å². The maximum Gasteiger partial charge on any atom is 0.134 e. The normalized spacial score (nSPS) is 48.7. The molecule has 0 bridgehead atoms. The number of hydrogen-bond acceptors (Lipinski definition) is 2. The lowest BCUT2D eigenvalue weighted by Gasteiger charge is -2.56. The first-order valence-corrected chi connectivity index (χ1v) is 9.45. The molecule has 4 aliphatic carbocycles. The Labute approximate surface area is 140 Å². The second-order valence-electron chi connectivity index (χ2n) is 9.01. The lowest BCUT2D eigenvalue weighted by atomic mass is 9.48. The minimum atomic E-state index is -0.133. The summed E-state index contributed by atoms with van der Waals surface area (Å²) in [7, 11) is 0. The summed E-state index contributed by atoms with van der Waals surface area (Å²) in [5, 5.41) is 10.3. The van der Waals surface area contributed by atoms with E-state index in [-0.39, 0.29) is 22.9 Å². The van der Waals surface area contributed by atoms with Gasteiger partial charge in [-0.3, -0.25) is 4.79 Å². The van der Waals surface area contributed by atoms with E-state index in [9.17, 15) is 9.90 Å². The highest BCUT2D eigenvalue weighted by Crippen LogP contribution is 2.64. The predicted molar refractivity (Wildman–Crippen MR) is 91.9 cm³/mol. The van der Waals surface area contributed by atoms with E-state index in [2.05, 4.69) is 26.0 Å². The van der Waals surface area contributed by atoms with Crippen molar-refractivity contribution in [3.8, 4) is 0 Å². The number of allylic oxidation sites excluding steroid dienone is 4. The van der Waals surface area contributed by atoms with Crippen molar-refractivity contribution >= 4 is 5.78 Å². The number of aliphatic hydroxyl groups excluding tert-OH is 1. The van der Waals surface area contributed by atoms with Crippen LogP contribution in [0.4, 0.5) is 0 Å². The molecule has 6 atom stereocenters. The third kappa shape index (κ3) is 2.06. The van der Waals surface area contributed by atoms with Gasteiger partial charge in [0.2, 0.25) is 0 Å². The standard InChI is InChI=1S/C21H30O2/c1-13(22)17-8-9-18-16-7-5-14-4-6-15(23)12-21(14,3)19(16)10-11-20(17,18)2/h5,9,15-17,19,23H,4,6-8,10-12H2,1-3H3/t15?,16-,17+,19-,20+,21-/m0/s1. The molecule has 2 nitrogen and oxygen atoms in total. The van der Waals surface area contributed by atoms with Gasteiger partial charge in [-0.1, -0.05) is 37.1 Å². The van der Waals surface area contributed by atoms with Crippen LogP contribution >= 0.6 is 0 Å². The van der Waals surface area contributed by atoms with Gasteiger partial charge in [-0.15, -0.1) is 0 Å². The third-order valence-electron chi connectivity index (χ3n) is 7.93. The predicted octanol–water partition coefficient (Wildman–Crippen LogP) is 4.44. The molecule has 2 saturated carbocycles. The largest absolute Gasteiger partial charge is 0.393 e. The number of Topliss-reactive ketones (excluding diaryl/α,β-unsaturated/α-hetero) is 1. The average molecular weight is 314 g/mol. The molecule has 1 unspecified atom stereocenters. The van der Waals surface area contributed by atoms with Crippen molar-refractivity contribution in [3.05, 3.63) is 23.3 Å². The molecule has 0 aromatic carbocycles. The van der Waals surface area contributed by atoms with Gasteiger partial charge in [0.15, 0.2) is 0 Å². The minimum absolute atomic E-state index is 0.0992. The fraction of sp³-hybridized carbons (Fsp3) is 0.762. The average Bonchev–Trinajstić information content (AvgIpc) is 2.83. The monoisotopic (exact) mass is 314 g/mol. The zero-order valence-electron chi connectivity index (χ0n) is 14.8. The van der Waals surface area contributed by atoms with Crippen LogP contribution in [-0.4, -0.2) is 17.0 Å². The molecule has 126 valence electrons. The Balaban J connectivity index is 1.70. The van der Waals surface area contributed by atoms with E-state index in [4.69, 9.17) is 0 Å². The Morgan fingerprint density at radius 2 is 1.96 bits per heavy atom. The summed E-state index contributed by atoms with van der Waals surface area (Å²) in [6, 6.07) is 0. The summed E-state index contributed by atoms with van der Waals surface area (Å²) in [5.41, 5.74) is 3.46. The Kier molecular flexibility index (Phi) is 3.43. The van der Waals surface area contributed by atoms with Crippen molar-refractivity contribution in [1.82, 2.24) is 0 Å². The Morgan fingerprint density at radius 3 is 2.70 bits per heavy atom. The third-order valence-corrected chi connectivity index (χ3v) is 7.93. The number of fused-ring (bicyclic) bond motifs is 5. The molecular weight excluding hydrogens is 284 g/mol. The summed E-state index contributed by atoms with van der Waals surface area (Å²) < 4.78 is 0. The van der Waals surface area contributed by atoms with Crippen LogP contribution < -0.4 is 0 Å². The molecule has 0 saturated heterocycles. The highest BCUT2D eigenvalue weighted by molar-refractivity contribution is 5.80. The van der Waals surface area contributed by atoms with E-state index in [1.807, 2.05) is 0 Å². The molecule has 0 aromatic heterocycles. The fourth-order valence-corrected chi connectivity index (χ4v) is 6.70. The van der Waals surface area contributed by atoms with E-state index in [1.54, 1.807) is 18.1 Å². The highest BCUT2D eigenvalue weighted by atomic mass is 16.3. The molecule has 0 spiro atoms. The fourth-order valence-electron chi connectivity index (χ4n) is 6.70. The number of ketones is 1. The van der Waals surface area contributed by atoms with Crippen LogP contribution in [-0.2, 0) is 4.79 Å². The van der Waals surface area contributed by atoms with Gasteiger partial charge >= 0.3 is 0 Å². The number of carbonyl (C=O) groups is 1. The van der Waals surface area contributed by atoms with E-state index in [0.29, 0.717) is 17.6 Å². The maximum absolute atomic E-state index is 12.1. The lowest BCUT2D eigenvalue weighted by Crippen LogP contribution is -2.48. The first-order chi connectivity index (χ1) is 10.9. The SMILES string of the molecule is CC(=O)[C@H]1CC=C2[C@@H]3CC=C4CCC(O)C[C@]4(C)[C@H]3CC[C@@]21C. The van der Waals surface area contributed by atoms with E-state index < -0.39 is 0 Å². The molecule has 0 aliphatic heterocycles. The van der Waals surface area contributed by atoms with Crippen LogP contribution in [0.1, 0.15) is 65.7 Å². The first kappa shape index (κ1) is 15.6. The quantitative estimate of drug-likeness (QED) is 0.727. The number of rotatable bonds is 1. The summed E-state index contributed by atoms with van der Waals surface area (Å²) in [6.45, 7) is 6.51. The Morgan fingerprint density at radius 1 is 1.17 bits per heavy atom. The van der Waals surface area contributed by atoms with Crippen LogP contribution in [0.5, 0.6) is 0 Å². The Bertz CT molecular complexity index is 601. The zero-order valence-corrected chi connectivity index (χ0v) is 14.8. The minimum Gasteiger partial charge on any atom is -0.393 e. The van der Waals surface area contributed by atoms with Crippen molar-refractivity contribution < 1.29 is 9.90 Å². The van der Waals surface area contributed by atoms with Gasteiger partial charge in [-0.2, -0.15) is 0 Å². The van der Waals surface area contributed by atoms with Crippen molar-refractivity contribution in [1.29, 1.82) is 0 Å². The molecule has 2 heteroatoms. The zero-order chi connectivity index (χ0) is 16.4. The Hall–Kier alpha value is -0.890. The molecule has 0 aromatic rings. The molecule has 4 aliphatic rings. The van der Waals surface area contributed by atoms with Crippen molar-refractivity contribution in [2.75, 3.05) is 0 Å². The molecule has 0 heterocycles. The van der Waals surface area contributed by atoms with Crippen LogP contribution in [0.2, 0.25) is 0 Å². The van der Waals surface area contributed by atoms with Crippen LogP contribution in [0.15, 0.2) is 23.3 Å². The molecule has 4 rings (SSSR count). The second-order valence-corrected chi connectivity index (χ2v) is 9.01. The number of hydrogen-bond donors (Lipinski definition) is 1. The van der Waals surface area contributed by atoms with Crippen molar-refractivity contribution in [2.45, 2.75) is 71.8 Å². The van der Waals surface area contributed by atoms with Gasteiger partial charge in [0.05, 0.1) is 6.10 Å². The highest BCUT2D eigenvalue weighted by Gasteiger charge is 2.56. The van der Waals surface area contributed by atoms with Crippen LogP contribution in [0, 0.1) is 28.6 Å². The van der Waals surface area contributed by atoms with Crippen LogP contribution in [0.3, 0.4) is 0 Å². The molecule has 2 fully saturated rings. The molecule has 1 N–H and O–H groups in total. The molecule has 23 heavy (non-hydrogen) atoms. The number of aliphatic hydroxyl groups is 1. The summed E-state index contributed by atoms with van der Waals surface area (Å²) in [4.78, 5) is 12.1. The summed E-state index contributed by atoms with van der Waals surface area (Å²) >= 11 is 0. The van der Waals surface area contributed by atoms with E-state index in [0.717, 1.165) is 38.5 Å². The molecule has 0 radical (unpaired) electrons. The van der Waals surface area contributed by atoms with Gasteiger partial charge in [0, 0.05) is 5.92 Å². The van der Waals surface area contributed by atoms with Gasteiger partial charge < -0.3 is 5.11 Å². The van der Waals surface area contributed by atoms with Gasteiger partial charge in [0.25, 0.3) is 0 Å². The smallest absolute Gasteiger partial charge is 0.134 e. The molecular formula is C21H30O2. The lowest BCUT2D eigenvalue weighted by molar-refractivity contribution is -0.124. The van der Waals surface area contributed by atoms with E-state index >= 15 is 0 Å². The van der Waals surface area contributed by atoms with Gasteiger partial charge in [-0.05, 0) is 74.5 Å². The topological polar surface area (TPSA) is 37.3 Å². The van der Waals surface area contributed by atoms with Crippen molar-refractivity contribution in [3.63, 3.8) is 0 Å². The second kappa shape index (κ2) is 5.05. The number of carbonyl (C=O) groups excluding carboxylic acids is 1. The first-order valence-electron chi connectivity index (χ1n) is 9.45. The van der Waals surface area contributed by atoms with E-state index in [1.165, 1.54) is 6.42 Å². The summed E-state index contributed by atoms with van der Waals surface area (Å²) in [6.07, 6.45) is 12.2. The van der Waals surface area contributed by atoms with Gasteiger partial charge in [0.1, 0.15) is 5.78 Å². The molecule has 0 amide bonds. The van der Waals surface area contributed by atoms with Crippen LogP contribution in [0.25, 0.3) is 0 Å².